The summed E-state index contributed by atoms with van der Waals surface area (Å²) < 4.78 is 37.7. The van der Waals surface area contributed by atoms with Gasteiger partial charge in [-0.1, -0.05) is 6.92 Å². The first-order chi connectivity index (χ1) is 9.66. The fourth-order valence-corrected chi connectivity index (χ4v) is 1.66. The highest BCUT2D eigenvalue weighted by molar-refractivity contribution is 6.01. The van der Waals surface area contributed by atoms with E-state index < -0.39 is 35.1 Å². The number of alkyl halides is 3. The highest BCUT2D eigenvalue weighted by Crippen LogP contribution is 2.32. The Morgan fingerprint density at radius 1 is 1.33 bits per heavy atom. The van der Waals surface area contributed by atoms with Gasteiger partial charge >= 0.3 is 12.1 Å². The number of hydrogen-bond acceptors (Lipinski definition) is 3. The number of nitrogens with one attached hydrogen (secondary N) is 2. The lowest BCUT2D eigenvalue weighted by molar-refractivity contribution is -0.137. The molecule has 0 aliphatic carbocycles. The summed E-state index contributed by atoms with van der Waals surface area (Å²) >= 11 is 0. The monoisotopic (exact) mass is 304 g/mol. The van der Waals surface area contributed by atoms with E-state index in [4.69, 9.17) is 5.11 Å². The van der Waals surface area contributed by atoms with Crippen LogP contribution in [0.1, 0.15) is 22.8 Å². The number of carbonyl (C=O) groups excluding carboxylic acids is 1. The minimum absolute atomic E-state index is 0.163. The Hall–Kier alpha value is -2.09. The van der Waals surface area contributed by atoms with Gasteiger partial charge in [-0.25, -0.2) is 4.79 Å². The van der Waals surface area contributed by atoms with E-state index in [1.165, 1.54) is 0 Å². The lowest BCUT2D eigenvalue weighted by Gasteiger charge is -2.15. The molecule has 1 atom stereocenters. The average molecular weight is 304 g/mol. The van der Waals surface area contributed by atoms with Crippen LogP contribution in [0.3, 0.4) is 0 Å². The summed E-state index contributed by atoms with van der Waals surface area (Å²) in [6, 6.07) is 2.17. The molecule has 21 heavy (non-hydrogen) atoms. The molecule has 0 radical (unpaired) electrons. The number of halogens is 3. The van der Waals surface area contributed by atoms with Crippen molar-refractivity contribution in [3.63, 3.8) is 0 Å². The topological polar surface area (TPSA) is 78.4 Å². The van der Waals surface area contributed by atoms with Crippen LogP contribution in [0, 0.1) is 5.92 Å². The van der Waals surface area contributed by atoms with Gasteiger partial charge in [-0.05, 0) is 25.2 Å². The van der Waals surface area contributed by atoms with E-state index in [-0.39, 0.29) is 5.69 Å². The number of carbonyl (C=O) groups is 2. The van der Waals surface area contributed by atoms with E-state index in [0.29, 0.717) is 12.6 Å². The van der Waals surface area contributed by atoms with E-state index in [0.717, 1.165) is 12.1 Å². The van der Waals surface area contributed by atoms with Gasteiger partial charge in [0.2, 0.25) is 5.91 Å². The van der Waals surface area contributed by atoms with Crippen LogP contribution in [0.5, 0.6) is 0 Å². The maximum absolute atomic E-state index is 12.6. The third kappa shape index (κ3) is 4.45. The van der Waals surface area contributed by atoms with Crippen molar-refractivity contribution in [1.82, 2.24) is 5.32 Å². The minimum Gasteiger partial charge on any atom is -0.478 e. The van der Waals surface area contributed by atoms with E-state index in [1.807, 2.05) is 0 Å². The Balaban J connectivity index is 3.08. The second kappa shape index (κ2) is 6.57. The molecule has 0 fully saturated rings. The molecule has 1 aromatic carbocycles. The summed E-state index contributed by atoms with van der Waals surface area (Å²) in [5, 5.41) is 14.1. The second-order valence-electron chi connectivity index (χ2n) is 4.51. The zero-order chi connectivity index (χ0) is 16.2. The van der Waals surface area contributed by atoms with Gasteiger partial charge in [-0.3, -0.25) is 4.79 Å². The third-order valence-electron chi connectivity index (χ3n) is 2.79. The zero-order valence-corrected chi connectivity index (χ0v) is 11.4. The molecular weight excluding hydrogens is 289 g/mol. The number of aromatic carboxylic acids is 1. The number of carboxylic acids is 1. The standard InChI is InChI=1S/C13H15F3N2O3/c1-7(6-17-2)11(19)18-10-4-3-8(13(14,15)16)5-9(10)12(20)21/h3-5,7,17H,6H2,1-2H3,(H,18,19)(H,20,21). The van der Waals surface area contributed by atoms with Crippen molar-refractivity contribution in [2.24, 2.45) is 5.92 Å². The van der Waals surface area contributed by atoms with E-state index >= 15 is 0 Å². The number of anilines is 1. The van der Waals surface area contributed by atoms with Gasteiger partial charge in [-0.2, -0.15) is 13.2 Å². The molecule has 1 amide bonds. The quantitative estimate of drug-likeness (QED) is 0.779. The summed E-state index contributed by atoms with van der Waals surface area (Å²) in [6.07, 6.45) is -4.65. The molecule has 116 valence electrons. The van der Waals surface area contributed by atoms with Crippen LogP contribution in [0.15, 0.2) is 18.2 Å². The Labute approximate surface area is 119 Å². The highest BCUT2D eigenvalue weighted by atomic mass is 19.4. The predicted octanol–water partition coefficient (Wildman–Crippen LogP) is 2.20. The lowest BCUT2D eigenvalue weighted by Crippen LogP contribution is -2.29. The first kappa shape index (κ1) is 17.0. The van der Waals surface area contributed by atoms with Crippen LogP contribution in [0.4, 0.5) is 18.9 Å². The summed E-state index contributed by atoms with van der Waals surface area (Å²) in [7, 11) is 1.64. The van der Waals surface area contributed by atoms with Crippen molar-refractivity contribution in [3.8, 4) is 0 Å². The molecule has 0 aromatic heterocycles. The maximum atomic E-state index is 12.6. The Morgan fingerprint density at radius 2 is 1.95 bits per heavy atom. The van der Waals surface area contributed by atoms with Gasteiger partial charge in [0.25, 0.3) is 0 Å². The van der Waals surface area contributed by atoms with Crippen molar-refractivity contribution in [3.05, 3.63) is 29.3 Å². The van der Waals surface area contributed by atoms with E-state index in [9.17, 15) is 22.8 Å². The first-order valence-corrected chi connectivity index (χ1v) is 6.06. The van der Waals surface area contributed by atoms with Crippen LogP contribution >= 0.6 is 0 Å². The van der Waals surface area contributed by atoms with Crippen molar-refractivity contribution < 1.29 is 27.9 Å². The third-order valence-corrected chi connectivity index (χ3v) is 2.79. The van der Waals surface area contributed by atoms with Crippen molar-refractivity contribution >= 4 is 17.6 Å². The SMILES string of the molecule is CNCC(C)C(=O)Nc1ccc(C(F)(F)F)cc1C(=O)O. The normalized spacial score (nSPS) is 12.8. The van der Waals surface area contributed by atoms with Crippen LogP contribution in [0.25, 0.3) is 0 Å². The molecule has 0 saturated carbocycles. The molecule has 0 aliphatic heterocycles. The number of carboxylic acid groups (broad SMARTS) is 1. The molecule has 1 unspecified atom stereocenters. The molecule has 8 heteroatoms. The molecule has 0 spiro atoms. The Bertz CT molecular complexity index is 544. The number of amides is 1. The number of rotatable bonds is 5. The maximum Gasteiger partial charge on any atom is 0.416 e. The van der Waals surface area contributed by atoms with Gasteiger partial charge in [-0.15, -0.1) is 0 Å². The Morgan fingerprint density at radius 3 is 2.43 bits per heavy atom. The summed E-state index contributed by atoms with van der Waals surface area (Å²) in [4.78, 5) is 22.8. The molecule has 1 aromatic rings. The molecule has 0 aliphatic rings. The molecule has 1 rings (SSSR count). The van der Waals surface area contributed by atoms with Crippen molar-refractivity contribution in [2.45, 2.75) is 13.1 Å². The smallest absolute Gasteiger partial charge is 0.416 e. The fourth-order valence-electron chi connectivity index (χ4n) is 1.66. The van der Waals surface area contributed by atoms with Crippen LogP contribution in [0.2, 0.25) is 0 Å². The lowest BCUT2D eigenvalue weighted by atomic mass is 10.1. The van der Waals surface area contributed by atoms with E-state index in [2.05, 4.69) is 10.6 Å². The average Bonchev–Trinajstić information content (AvgIpc) is 2.37. The minimum atomic E-state index is -4.65. The van der Waals surface area contributed by atoms with Crippen LogP contribution in [-0.4, -0.2) is 30.6 Å². The Kier molecular flexibility index (Phi) is 5.31. The molecule has 0 heterocycles. The fraction of sp³-hybridized carbons (Fsp3) is 0.385. The van der Waals surface area contributed by atoms with Crippen LogP contribution < -0.4 is 10.6 Å². The summed E-state index contributed by atoms with van der Waals surface area (Å²) in [6.45, 7) is 1.96. The van der Waals surface area contributed by atoms with E-state index in [1.54, 1.807) is 14.0 Å². The van der Waals surface area contributed by atoms with Crippen LogP contribution in [-0.2, 0) is 11.0 Å². The van der Waals surface area contributed by atoms with Gasteiger partial charge < -0.3 is 15.7 Å². The highest BCUT2D eigenvalue weighted by Gasteiger charge is 2.32. The van der Waals surface area contributed by atoms with Gasteiger partial charge in [0.05, 0.1) is 16.8 Å². The van der Waals surface area contributed by atoms with Gasteiger partial charge in [0.15, 0.2) is 0 Å². The largest absolute Gasteiger partial charge is 0.478 e. The number of benzene rings is 1. The molecule has 0 saturated heterocycles. The first-order valence-electron chi connectivity index (χ1n) is 6.06. The summed E-state index contributed by atoms with van der Waals surface area (Å²) in [5.74, 6) is -2.48. The molecular formula is C13H15F3N2O3. The predicted molar refractivity (Wildman–Crippen MR) is 70.1 cm³/mol. The molecule has 0 bridgehead atoms. The van der Waals surface area contributed by atoms with Crippen molar-refractivity contribution in [2.75, 3.05) is 18.9 Å². The summed E-state index contributed by atoms with van der Waals surface area (Å²) in [5.41, 5.74) is -1.85. The molecule has 5 nitrogen and oxygen atoms in total. The zero-order valence-electron chi connectivity index (χ0n) is 11.4. The second-order valence-corrected chi connectivity index (χ2v) is 4.51. The van der Waals surface area contributed by atoms with Gasteiger partial charge in [0.1, 0.15) is 0 Å². The molecule has 3 N–H and O–H groups in total. The van der Waals surface area contributed by atoms with Crippen molar-refractivity contribution in [1.29, 1.82) is 0 Å². The van der Waals surface area contributed by atoms with Gasteiger partial charge in [0, 0.05) is 12.5 Å². The number of hydrogen-bond donors (Lipinski definition) is 3.